The summed E-state index contributed by atoms with van der Waals surface area (Å²) in [6, 6.07) is 5.41. The van der Waals surface area contributed by atoms with Crippen LogP contribution in [0.15, 0.2) is 35.4 Å². The highest BCUT2D eigenvalue weighted by Crippen LogP contribution is 2.30. The van der Waals surface area contributed by atoms with Gasteiger partial charge in [0.1, 0.15) is 6.61 Å². The van der Waals surface area contributed by atoms with Crippen LogP contribution in [0.25, 0.3) is 21.5 Å². The highest BCUT2D eigenvalue weighted by molar-refractivity contribution is 6.01. The van der Waals surface area contributed by atoms with Crippen molar-refractivity contribution in [1.82, 2.24) is 15.3 Å². The van der Waals surface area contributed by atoms with Gasteiger partial charge in [-0.05, 0) is 42.3 Å². The number of nitrogens with zero attached hydrogens (tertiary/aromatic N) is 1. The number of aliphatic hydroxyl groups excluding tert-OH is 1. The van der Waals surface area contributed by atoms with Crippen LogP contribution in [-0.4, -0.2) is 33.6 Å². The Labute approximate surface area is 149 Å². The minimum atomic E-state index is -0.721. The quantitative estimate of drug-likeness (QED) is 0.620. The lowest BCUT2D eigenvalue weighted by Gasteiger charge is -2.14. The molecule has 3 N–H and O–H groups in total. The fourth-order valence-electron chi connectivity index (χ4n) is 3.36. The SMILES string of the molecule is CC(O)c1c[nH]c(=O)c2cc3ccnc(OCC4CCC(=O)N4)c3cc12. The van der Waals surface area contributed by atoms with Gasteiger partial charge < -0.3 is 20.1 Å². The summed E-state index contributed by atoms with van der Waals surface area (Å²) in [6.45, 7) is 2.00. The maximum absolute atomic E-state index is 12.2. The number of pyridine rings is 2. The number of ether oxygens (including phenoxy) is 1. The van der Waals surface area contributed by atoms with Crippen LogP contribution in [0.3, 0.4) is 0 Å². The number of rotatable bonds is 4. The maximum atomic E-state index is 12.2. The van der Waals surface area contributed by atoms with E-state index in [-0.39, 0.29) is 17.5 Å². The fraction of sp³-hybridized carbons (Fsp3) is 0.316. The number of hydrogen-bond acceptors (Lipinski definition) is 5. The average molecular weight is 353 g/mol. The molecule has 4 rings (SSSR count). The summed E-state index contributed by atoms with van der Waals surface area (Å²) in [6.07, 6.45) is 3.70. The standard InChI is InChI=1S/C19H19N3O4/c1-10(23)16-8-21-18(25)15-6-11-4-5-20-19(13(11)7-14(15)16)26-9-12-2-3-17(24)22-12/h4-8,10,12,23H,2-3,9H2,1H3,(H,21,25)(H,22,24). The van der Waals surface area contributed by atoms with E-state index in [0.717, 1.165) is 17.2 Å². The zero-order valence-electron chi connectivity index (χ0n) is 14.3. The van der Waals surface area contributed by atoms with Gasteiger partial charge in [0, 0.05) is 35.2 Å². The minimum absolute atomic E-state index is 0.0177. The molecule has 3 heterocycles. The normalized spacial score (nSPS) is 18.2. The van der Waals surface area contributed by atoms with Gasteiger partial charge in [-0.25, -0.2) is 4.98 Å². The van der Waals surface area contributed by atoms with Crippen molar-refractivity contribution in [2.24, 2.45) is 0 Å². The third kappa shape index (κ3) is 2.90. The first-order valence-corrected chi connectivity index (χ1v) is 8.57. The molecule has 1 amide bonds. The van der Waals surface area contributed by atoms with Gasteiger partial charge in [-0.3, -0.25) is 9.59 Å². The molecule has 134 valence electrons. The van der Waals surface area contributed by atoms with Crippen LogP contribution in [0.1, 0.15) is 31.4 Å². The van der Waals surface area contributed by atoms with Crippen molar-refractivity contribution in [2.45, 2.75) is 31.9 Å². The Hall–Kier alpha value is -2.93. The lowest BCUT2D eigenvalue weighted by Crippen LogP contribution is -2.31. The molecule has 1 aliphatic heterocycles. The average Bonchev–Trinajstić information content (AvgIpc) is 3.04. The second kappa shape index (κ2) is 6.42. The number of aromatic amines is 1. The fourth-order valence-corrected chi connectivity index (χ4v) is 3.36. The number of hydrogen-bond donors (Lipinski definition) is 3. The van der Waals surface area contributed by atoms with E-state index >= 15 is 0 Å². The van der Waals surface area contributed by atoms with Crippen molar-refractivity contribution in [3.8, 4) is 5.88 Å². The largest absolute Gasteiger partial charge is 0.475 e. The zero-order chi connectivity index (χ0) is 18.3. The molecule has 1 fully saturated rings. The molecule has 26 heavy (non-hydrogen) atoms. The second-order valence-electron chi connectivity index (χ2n) is 6.60. The molecule has 2 unspecified atom stereocenters. The number of carbonyl (C=O) groups excluding carboxylic acids is 1. The van der Waals surface area contributed by atoms with E-state index in [1.807, 2.05) is 12.1 Å². The molecular weight excluding hydrogens is 334 g/mol. The molecule has 0 bridgehead atoms. The number of carbonyl (C=O) groups is 1. The van der Waals surface area contributed by atoms with Gasteiger partial charge in [-0.1, -0.05) is 0 Å². The number of H-pyrrole nitrogens is 1. The van der Waals surface area contributed by atoms with E-state index in [4.69, 9.17) is 4.74 Å². The molecule has 2 atom stereocenters. The van der Waals surface area contributed by atoms with Crippen molar-refractivity contribution in [1.29, 1.82) is 0 Å². The molecule has 0 aliphatic carbocycles. The highest BCUT2D eigenvalue weighted by Gasteiger charge is 2.21. The predicted octanol–water partition coefficient (Wildman–Crippen LogP) is 1.79. The summed E-state index contributed by atoms with van der Waals surface area (Å²) in [5.74, 6) is 0.485. The van der Waals surface area contributed by atoms with E-state index in [0.29, 0.717) is 35.2 Å². The number of fused-ring (bicyclic) bond motifs is 2. The van der Waals surface area contributed by atoms with Gasteiger partial charge in [0.05, 0.1) is 12.1 Å². The molecule has 1 aliphatic rings. The third-order valence-corrected chi connectivity index (χ3v) is 4.74. The Kier molecular flexibility index (Phi) is 4.08. The molecular formula is C19H19N3O4. The molecule has 1 aromatic carbocycles. The van der Waals surface area contributed by atoms with Crippen LogP contribution in [0, 0.1) is 0 Å². The Morgan fingerprint density at radius 3 is 2.88 bits per heavy atom. The first-order valence-electron chi connectivity index (χ1n) is 8.57. The van der Waals surface area contributed by atoms with Crippen LogP contribution in [-0.2, 0) is 4.79 Å². The monoisotopic (exact) mass is 353 g/mol. The van der Waals surface area contributed by atoms with Crippen LogP contribution in [0.4, 0.5) is 0 Å². The Bertz CT molecular complexity index is 1060. The molecule has 0 radical (unpaired) electrons. The minimum Gasteiger partial charge on any atom is -0.475 e. The summed E-state index contributed by atoms with van der Waals surface area (Å²) in [5, 5.41) is 15.6. The molecule has 7 heteroatoms. The molecule has 1 saturated heterocycles. The first-order chi connectivity index (χ1) is 12.5. The number of aliphatic hydroxyl groups is 1. The molecule has 2 aromatic heterocycles. The summed E-state index contributed by atoms with van der Waals surface area (Å²) < 4.78 is 5.86. The number of aromatic nitrogens is 2. The molecule has 7 nitrogen and oxygen atoms in total. The van der Waals surface area contributed by atoms with E-state index in [9.17, 15) is 14.7 Å². The summed E-state index contributed by atoms with van der Waals surface area (Å²) in [7, 11) is 0. The Morgan fingerprint density at radius 2 is 2.15 bits per heavy atom. The topological polar surface area (TPSA) is 104 Å². The third-order valence-electron chi connectivity index (χ3n) is 4.74. The summed E-state index contributed by atoms with van der Waals surface area (Å²) >= 11 is 0. The van der Waals surface area contributed by atoms with E-state index in [1.165, 1.54) is 6.20 Å². The van der Waals surface area contributed by atoms with E-state index < -0.39 is 6.10 Å². The summed E-state index contributed by atoms with van der Waals surface area (Å²) in [5.41, 5.74) is 0.429. The van der Waals surface area contributed by atoms with Crippen molar-refractivity contribution in [3.63, 3.8) is 0 Å². The van der Waals surface area contributed by atoms with Crippen LogP contribution < -0.4 is 15.6 Å². The van der Waals surface area contributed by atoms with Gasteiger partial charge in [0.2, 0.25) is 11.8 Å². The zero-order valence-corrected chi connectivity index (χ0v) is 14.3. The van der Waals surface area contributed by atoms with E-state index in [2.05, 4.69) is 15.3 Å². The Morgan fingerprint density at radius 1 is 1.31 bits per heavy atom. The van der Waals surface area contributed by atoms with Crippen molar-refractivity contribution in [3.05, 3.63) is 46.5 Å². The lowest BCUT2D eigenvalue weighted by molar-refractivity contribution is -0.119. The number of nitrogens with one attached hydrogen (secondary N) is 2. The van der Waals surface area contributed by atoms with Crippen LogP contribution in [0.2, 0.25) is 0 Å². The van der Waals surface area contributed by atoms with Crippen LogP contribution >= 0.6 is 0 Å². The Balaban J connectivity index is 1.79. The highest BCUT2D eigenvalue weighted by atomic mass is 16.5. The molecule has 0 saturated carbocycles. The first kappa shape index (κ1) is 16.5. The van der Waals surface area contributed by atoms with Gasteiger partial charge in [0.15, 0.2) is 0 Å². The van der Waals surface area contributed by atoms with E-state index in [1.54, 1.807) is 19.2 Å². The summed E-state index contributed by atoms with van der Waals surface area (Å²) in [4.78, 5) is 30.5. The lowest BCUT2D eigenvalue weighted by atomic mass is 10.0. The smallest absolute Gasteiger partial charge is 0.255 e. The predicted molar refractivity (Wildman–Crippen MR) is 97.2 cm³/mol. The molecule has 3 aromatic rings. The van der Waals surface area contributed by atoms with Gasteiger partial charge >= 0.3 is 0 Å². The maximum Gasteiger partial charge on any atom is 0.255 e. The van der Waals surface area contributed by atoms with Crippen molar-refractivity contribution in [2.75, 3.05) is 6.61 Å². The van der Waals surface area contributed by atoms with Gasteiger partial charge in [0.25, 0.3) is 5.56 Å². The van der Waals surface area contributed by atoms with Gasteiger partial charge in [-0.15, -0.1) is 0 Å². The number of amides is 1. The van der Waals surface area contributed by atoms with Crippen LogP contribution in [0.5, 0.6) is 5.88 Å². The molecule has 0 spiro atoms. The second-order valence-corrected chi connectivity index (χ2v) is 6.60. The van der Waals surface area contributed by atoms with Crippen molar-refractivity contribution < 1.29 is 14.6 Å². The number of benzene rings is 1. The van der Waals surface area contributed by atoms with Crippen molar-refractivity contribution >= 4 is 27.5 Å². The van der Waals surface area contributed by atoms with Gasteiger partial charge in [-0.2, -0.15) is 0 Å².